The highest BCUT2D eigenvalue weighted by atomic mass is 15.1. The number of likely N-dealkylation sites (N-methyl/N-ethyl adjacent to an activating group) is 1. The average Bonchev–Trinajstić information content (AvgIpc) is 2.35. The Hall–Kier alpha value is -2.02. The van der Waals surface area contributed by atoms with Crippen LogP contribution in [0.25, 0.3) is 0 Å². The second-order valence-corrected chi connectivity index (χ2v) is 3.50. The van der Waals surface area contributed by atoms with Crippen LogP contribution in [-0.4, -0.2) is 7.05 Å². The molecule has 0 saturated heterocycles. The van der Waals surface area contributed by atoms with Crippen molar-refractivity contribution in [3.63, 3.8) is 0 Å². The van der Waals surface area contributed by atoms with E-state index in [1.54, 1.807) is 6.08 Å². The molecule has 82 valence electrons. The van der Waals surface area contributed by atoms with Crippen molar-refractivity contribution in [2.24, 2.45) is 0 Å². The number of nitrogens with zero attached hydrogens (tertiary/aromatic N) is 1. The molecule has 0 aromatic heterocycles. The Morgan fingerprint density at radius 1 is 1.12 bits per heavy atom. The molecule has 0 bridgehead atoms. The Labute approximate surface area is 97.7 Å². The SMILES string of the molecule is C=CC(=C)/C=C\C(=C)N(C)c1ccccc1. The molecule has 1 rings (SSSR count). The van der Waals surface area contributed by atoms with Gasteiger partial charge in [-0.2, -0.15) is 0 Å². The monoisotopic (exact) mass is 211 g/mol. The molecule has 1 nitrogen and oxygen atoms in total. The number of benzene rings is 1. The molecule has 0 amide bonds. The first-order valence-electron chi connectivity index (χ1n) is 5.12. The van der Waals surface area contributed by atoms with Crippen LogP contribution in [0, 0.1) is 0 Å². The van der Waals surface area contributed by atoms with Crippen LogP contribution in [0.15, 0.2) is 79.6 Å². The van der Waals surface area contributed by atoms with E-state index in [-0.39, 0.29) is 0 Å². The normalized spacial score (nSPS) is 10.1. The molecule has 1 aromatic rings. The number of para-hydroxylation sites is 1. The highest BCUT2D eigenvalue weighted by Crippen LogP contribution is 2.16. The van der Waals surface area contributed by atoms with E-state index < -0.39 is 0 Å². The van der Waals surface area contributed by atoms with E-state index in [2.05, 4.69) is 19.7 Å². The molecule has 0 unspecified atom stereocenters. The van der Waals surface area contributed by atoms with Gasteiger partial charge >= 0.3 is 0 Å². The lowest BCUT2D eigenvalue weighted by Crippen LogP contribution is -2.13. The third kappa shape index (κ3) is 3.28. The summed E-state index contributed by atoms with van der Waals surface area (Å²) < 4.78 is 0. The lowest BCUT2D eigenvalue weighted by Gasteiger charge is -2.19. The van der Waals surface area contributed by atoms with Crippen molar-refractivity contribution in [2.45, 2.75) is 0 Å². The van der Waals surface area contributed by atoms with Crippen LogP contribution in [0.4, 0.5) is 5.69 Å². The van der Waals surface area contributed by atoms with Gasteiger partial charge in [-0.05, 0) is 23.8 Å². The Morgan fingerprint density at radius 3 is 2.31 bits per heavy atom. The summed E-state index contributed by atoms with van der Waals surface area (Å²) in [5, 5.41) is 0. The molecule has 0 saturated carbocycles. The highest BCUT2D eigenvalue weighted by Gasteiger charge is 2.00. The van der Waals surface area contributed by atoms with Gasteiger partial charge in [0, 0.05) is 18.4 Å². The van der Waals surface area contributed by atoms with Crippen LogP contribution in [0.5, 0.6) is 0 Å². The van der Waals surface area contributed by atoms with Gasteiger partial charge in [0.25, 0.3) is 0 Å². The Morgan fingerprint density at radius 2 is 1.75 bits per heavy atom. The van der Waals surface area contributed by atoms with Gasteiger partial charge in [0.05, 0.1) is 0 Å². The minimum absolute atomic E-state index is 0.877. The van der Waals surface area contributed by atoms with Crippen LogP contribution < -0.4 is 4.90 Å². The number of hydrogen-bond donors (Lipinski definition) is 0. The molecule has 1 heteroatoms. The van der Waals surface area contributed by atoms with Gasteiger partial charge in [-0.1, -0.05) is 50.1 Å². The minimum atomic E-state index is 0.877. The smallest absolute Gasteiger partial charge is 0.0407 e. The van der Waals surface area contributed by atoms with Gasteiger partial charge in [0.1, 0.15) is 0 Å². The first-order valence-corrected chi connectivity index (χ1v) is 5.12. The first-order chi connectivity index (χ1) is 7.65. The number of allylic oxidation sites excluding steroid dienone is 4. The molecule has 0 spiro atoms. The maximum Gasteiger partial charge on any atom is 0.0407 e. The van der Waals surface area contributed by atoms with Crippen LogP contribution in [-0.2, 0) is 0 Å². The van der Waals surface area contributed by atoms with E-state index >= 15 is 0 Å². The van der Waals surface area contributed by atoms with E-state index in [4.69, 9.17) is 0 Å². The molecule has 0 N–H and O–H groups in total. The van der Waals surface area contributed by atoms with E-state index in [1.165, 1.54) is 0 Å². The molecule has 0 aliphatic carbocycles. The molecular weight excluding hydrogens is 194 g/mol. The Balaban J connectivity index is 2.72. The molecule has 16 heavy (non-hydrogen) atoms. The fourth-order valence-electron chi connectivity index (χ4n) is 1.20. The van der Waals surface area contributed by atoms with Crippen molar-refractivity contribution in [1.82, 2.24) is 0 Å². The summed E-state index contributed by atoms with van der Waals surface area (Å²) in [6.45, 7) is 11.5. The van der Waals surface area contributed by atoms with E-state index in [1.807, 2.05) is 54.4 Å². The summed E-state index contributed by atoms with van der Waals surface area (Å²) in [7, 11) is 1.98. The van der Waals surface area contributed by atoms with Crippen LogP contribution in [0.3, 0.4) is 0 Å². The maximum atomic E-state index is 4.00. The van der Waals surface area contributed by atoms with Crippen molar-refractivity contribution in [3.05, 3.63) is 79.6 Å². The predicted molar refractivity (Wildman–Crippen MR) is 72.5 cm³/mol. The Bertz CT molecular complexity index is 412. The maximum absolute atomic E-state index is 4.00. The number of hydrogen-bond acceptors (Lipinski definition) is 1. The van der Waals surface area contributed by atoms with Gasteiger partial charge in [-0.15, -0.1) is 0 Å². The van der Waals surface area contributed by atoms with E-state index in [0.717, 1.165) is 17.0 Å². The number of anilines is 1. The van der Waals surface area contributed by atoms with Gasteiger partial charge < -0.3 is 4.90 Å². The quantitative estimate of drug-likeness (QED) is 0.667. The summed E-state index contributed by atoms with van der Waals surface area (Å²) in [6, 6.07) is 10.1. The highest BCUT2D eigenvalue weighted by molar-refractivity contribution is 5.53. The third-order valence-corrected chi connectivity index (χ3v) is 2.33. The summed E-state index contributed by atoms with van der Waals surface area (Å²) in [4.78, 5) is 2.02. The molecule has 0 atom stereocenters. The second kappa shape index (κ2) is 5.76. The van der Waals surface area contributed by atoms with Gasteiger partial charge in [-0.25, -0.2) is 0 Å². The standard InChI is InChI=1S/C15H17N/c1-5-13(2)11-12-14(3)16(4)15-9-7-6-8-10-15/h5-12H,1-3H2,4H3/b12-11-. The lowest BCUT2D eigenvalue weighted by atomic mass is 10.2. The van der Waals surface area contributed by atoms with Gasteiger partial charge in [0.15, 0.2) is 0 Å². The largest absolute Gasteiger partial charge is 0.345 e. The molecular formula is C15H17N. The Kier molecular flexibility index (Phi) is 4.34. The van der Waals surface area contributed by atoms with Crippen LogP contribution >= 0.6 is 0 Å². The summed E-state index contributed by atoms with van der Waals surface area (Å²) in [5.74, 6) is 0. The first kappa shape index (κ1) is 12.1. The average molecular weight is 211 g/mol. The number of rotatable bonds is 5. The van der Waals surface area contributed by atoms with Gasteiger partial charge in [-0.3, -0.25) is 0 Å². The van der Waals surface area contributed by atoms with Crippen molar-refractivity contribution in [3.8, 4) is 0 Å². The van der Waals surface area contributed by atoms with Crippen molar-refractivity contribution >= 4 is 5.69 Å². The second-order valence-electron chi connectivity index (χ2n) is 3.50. The predicted octanol–water partition coefficient (Wildman–Crippen LogP) is 3.93. The molecule has 0 fully saturated rings. The zero-order valence-electron chi connectivity index (χ0n) is 9.69. The molecule has 0 aliphatic heterocycles. The topological polar surface area (TPSA) is 3.24 Å². The van der Waals surface area contributed by atoms with E-state index in [9.17, 15) is 0 Å². The minimum Gasteiger partial charge on any atom is -0.345 e. The van der Waals surface area contributed by atoms with Crippen LogP contribution in [0.1, 0.15) is 0 Å². The fraction of sp³-hybridized carbons (Fsp3) is 0.0667. The fourth-order valence-corrected chi connectivity index (χ4v) is 1.20. The summed E-state index contributed by atoms with van der Waals surface area (Å²) in [5.41, 5.74) is 2.90. The lowest BCUT2D eigenvalue weighted by molar-refractivity contribution is 1.14. The molecule has 0 radical (unpaired) electrons. The van der Waals surface area contributed by atoms with Gasteiger partial charge in [0.2, 0.25) is 0 Å². The molecule has 1 aromatic carbocycles. The van der Waals surface area contributed by atoms with Crippen molar-refractivity contribution in [1.29, 1.82) is 0 Å². The zero-order chi connectivity index (χ0) is 12.0. The molecule has 0 heterocycles. The van der Waals surface area contributed by atoms with E-state index in [0.29, 0.717) is 0 Å². The summed E-state index contributed by atoms with van der Waals surface area (Å²) >= 11 is 0. The van der Waals surface area contributed by atoms with Crippen LogP contribution in [0.2, 0.25) is 0 Å². The summed E-state index contributed by atoms with van der Waals surface area (Å²) in [6.07, 6.45) is 5.54. The van der Waals surface area contributed by atoms with Crippen molar-refractivity contribution < 1.29 is 0 Å². The molecule has 0 aliphatic rings. The third-order valence-electron chi connectivity index (χ3n) is 2.33. The van der Waals surface area contributed by atoms with Crippen molar-refractivity contribution in [2.75, 3.05) is 11.9 Å². The zero-order valence-corrected chi connectivity index (χ0v) is 9.69.